The number of carboxylic acid groups (broad SMARTS) is 1. The molecule has 0 aliphatic heterocycles. The molecule has 1 N–H and O–H groups in total. The molecule has 0 aromatic carbocycles. The fourth-order valence-electron chi connectivity index (χ4n) is 1.16. The molecule has 0 spiro atoms. The normalized spacial score (nSPS) is 10.7. The maximum Gasteiger partial charge on any atom is 0.341 e. The Morgan fingerprint density at radius 2 is 2.27 bits per heavy atom. The smallest absolute Gasteiger partial charge is 0.341 e. The number of carbonyl (C=O) groups is 1. The molecule has 0 saturated heterocycles. The first-order valence-electron chi connectivity index (χ1n) is 4.50. The van der Waals surface area contributed by atoms with Crippen molar-refractivity contribution < 1.29 is 14.6 Å². The summed E-state index contributed by atoms with van der Waals surface area (Å²) in [5.74, 6) is -0.577. The van der Waals surface area contributed by atoms with Crippen molar-refractivity contribution in [2.24, 2.45) is 7.05 Å². The molecule has 0 bridgehead atoms. The summed E-state index contributed by atoms with van der Waals surface area (Å²) >= 11 is 6.01. The molecule has 0 aliphatic rings. The standard InChI is InChI=1S/C9H13ClN2O3/c1-5(2)8-7(10)9(12(3)11-8)15-4-6(13)14/h5H,4H2,1-3H3,(H,13,14). The van der Waals surface area contributed by atoms with Crippen LogP contribution in [0.4, 0.5) is 0 Å². The summed E-state index contributed by atoms with van der Waals surface area (Å²) in [5, 5.41) is 13.0. The van der Waals surface area contributed by atoms with Crippen LogP contribution in [-0.4, -0.2) is 27.5 Å². The quantitative estimate of drug-likeness (QED) is 0.858. The van der Waals surface area contributed by atoms with Crippen LogP contribution in [0.15, 0.2) is 0 Å². The van der Waals surface area contributed by atoms with Crippen LogP contribution in [0.2, 0.25) is 5.02 Å². The van der Waals surface area contributed by atoms with Crippen LogP contribution in [-0.2, 0) is 11.8 Å². The Labute approximate surface area is 92.6 Å². The van der Waals surface area contributed by atoms with Crippen LogP contribution in [0.25, 0.3) is 0 Å². The zero-order valence-corrected chi connectivity index (χ0v) is 9.58. The number of aliphatic carboxylic acids is 1. The molecule has 15 heavy (non-hydrogen) atoms. The fraction of sp³-hybridized carbons (Fsp3) is 0.556. The molecule has 1 aromatic heterocycles. The minimum atomic E-state index is -1.04. The molecule has 0 fully saturated rings. The minimum Gasteiger partial charge on any atom is -0.479 e. The highest BCUT2D eigenvalue weighted by Gasteiger charge is 2.18. The number of hydrogen-bond donors (Lipinski definition) is 1. The van der Waals surface area contributed by atoms with Crippen LogP contribution >= 0.6 is 11.6 Å². The molecule has 0 aliphatic carbocycles. The van der Waals surface area contributed by atoms with E-state index < -0.39 is 12.6 Å². The van der Waals surface area contributed by atoms with Gasteiger partial charge in [0.05, 0.1) is 5.69 Å². The number of ether oxygens (including phenoxy) is 1. The van der Waals surface area contributed by atoms with Gasteiger partial charge in [-0.15, -0.1) is 0 Å². The number of carboxylic acids is 1. The number of nitrogens with zero attached hydrogens (tertiary/aromatic N) is 2. The van der Waals surface area contributed by atoms with Gasteiger partial charge >= 0.3 is 5.97 Å². The molecular weight excluding hydrogens is 220 g/mol. The SMILES string of the molecule is CC(C)c1nn(C)c(OCC(=O)O)c1Cl. The lowest BCUT2D eigenvalue weighted by Gasteiger charge is -2.03. The first-order valence-corrected chi connectivity index (χ1v) is 4.88. The summed E-state index contributed by atoms with van der Waals surface area (Å²) in [7, 11) is 1.66. The Bertz CT molecular complexity index is 374. The summed E-state index contributed by atoms with van der Waals surface area (Å²) in [6.45, 7) is 3.49. The molecule has 0 radical (unpaired) electrons. The van der Waals surface area contributed by atoms with Gasteiger partial charge in [-0.2, -0.15) is 5.10 Å². The third kappa shape index (κ3) is 2.62. The highest BCUT2D eigenvalue weighted by atomic mass is 35.5. The molecule has 6 heteroatoms. The van der Waals surface area contributed by atoms with Crippen molar-refractivity contribution in [2.45, 2.75) is 19.8 Å². The van der Waals surface area contributed by atoms with Gasteiger partial charge in [0.15, 0.2) is 6.61 Å². The Morgan fingerprint density at radius 1 is 1.67 bits per heavy atom. The number of aryl methyl sites for hydroxylation is 1. The number of hydrogen-bond acceptors (Lipinski definition) is 3. The van der Waals surface area contributed by atoms with E-state index in [0.717, 1.165) is 0 Å². The molecule has 1 rings (SSSR count). The molecule has 1 heterocycles. The van der Waals surface area contributed by atoms with Crippen molar-refractivity contribution in [3.05, 3.63) is 10.7 Å². The van der Waals surface area contributed by atoms with Crippen molar-refractivity contribution in [3.8, 4) is 5.88 Å². The summed E-state index contributed by atoms with van der Waals surface area (Å²) < 4.78 is 6.47. The predicted molar refractivity (Wildman–Crippen MR) is 55.4 cm³/mol. The van der Waals surface area contributed by atoms with Gasteiger partial charge in [0.25, 0.3) is 0 Å². The lowest BCUT2D eigenvalue weighted by atomic mass is 10.1. The zero-order valence-electron chi connectivity index (χ0n) is 8.82. The molecule has 84 valence electrons. The first kappa shape index (κ1) is 11.8. The number of rotatable bonds is 4. The molecule has 1 aromatic rings. The van der Waals surface area contributed by atoms with Crippen LogP contribution in [0, 0.1) is 0 Å². The Morgan fingerprint density at radius 3 is 2.67 bits per heavy atom. The summed E-state index contributed by atoms with van der Waals surface area (Å²) in [6, 6.07) is 0. The minimum absolute atomic E-state index is 0.172. The molecule has 0 atom stereocenters. The Hall–Kier alpha value is -1.23. The van der Waals surface area contributed by atoms with E-state index in [4.69, 9.17) is 21.4 Å². The molecule has 5 nitrogen and oxygen atoms in total. The lowest BCUT2D eigenvalue weighted by Crippen LogP contribution is -2.11. The van der Waals surface area contributed by atoms with Gasteiger partial charge in [0.2, 0.25) is 5.88 Å². The monoisotopic (exact) mass is 232 g/mol. The molecule has 0 amide bonds. The van der Waals surface area contributed by atoms with E-state index in [-0.39, 0.29) is 5.92 Å². The van der Waals surface area contributed by atoms with Crippen molar-refractivity contribution in [1.29, 1.82) is 0 Å². The van der Waals surface area contributed by atoms with E-state index in [2.05, 4.69) is 5.10 Å². The van der Waals surface area contributed by atoms with Gasteiger partial charge in [-0.1, -0.05) is 25.4 Å². The summed E-state index contributed by atoms with van der Waals surface area (Å²) in [4.78, 5) is 10.3. The highest BCUT2D eigenvalue weighted by molar-refractivity contribution is 6.32. The van der Waals surface area contributed by atoms with Crippen LogP contribution in [0.1, 0.15) is 25.5 Å². The van der Waals surface area contributed by atoms with E-state index in [1.807, 2.05) is 13.8 Å². The Balaban J connectivity index is 2.92. The van der Waals surface area contributed by atoms with E-state index in [0.29, 0.717) is 16.6 Å². The van der Waals surface area contributed by atoms with Gasteiger partial charge in [-0.25, -0.2) is 9.48 Å². The third-order valence-corrected chi connectivity index (χ3v) is 2.20. The van der Waals surface area contributed by atoms with Crippen molar-refractivity contribution in [1.82, 2.24) is 9.78 Å². The average molecular weight is 233 g/mol. The highest BCUT2D eigenvalue weighted by Crippen LogP contribution is 2.31. The van der Waals surface area contributed by atoms with Crippen molar-refractivity contribution in [2.75, 3.05) is 6.61 Å². The second-order valence-corrected chi connectivity index (χ2v) is 3.84. The van der Waals surface area contributed by atoms with Gasteiger partial charge in [0.1, 0.15) is 5.02 Å². The second kappa shape index (κ2) is 4.53. The topological polar surface area (TPSA) is 64.4 Å². The lowest BCUT2D eigenvalue weighted by molar-refractivity contribution is -0.139. The average Bonchev–Trinajstić information content (AvgIpc) is 2.39. The van der Waals surface area contributed by atoms with E-state index in [9.17, 15) is 4.79 Å². The maximum absolute atomic E-state index is 10.3. The van der Waals surface area contributed by atoms with Crippen LogP contribution < -0.4 is 4.74 Å². The van der Waals surface area contributed by atoms with Gasteiger partial charge < -0.3 is 9.84 Å². The predicted octanol–water partition coefficient (Wildman–Crippen LogP) is 1.66. The summed E-state index contributed by atoms with van der Waals surface area (Å²) in [5.41, 5.74) is 0.708. The molecular formula is C9H13ClN2O3. The largest absolute Gasteiger partial charge is 0.479 e. The molecule has 0 saturated carbocycles. The Kier molecular flexibility index (Phi) is 3.57. The summed E-state index contributed by atoms with van der Waals surface area (Å²) in [6.07, 6.45) is 0. The fourth-order valence-corrected chi connectivity index (χ4v) is 1.59. The van der Waals surface area contributed by atoms with Crippen molar-refractivity contribution >= 4 is 17.6 Å². The maximum atomic E-state index is 10.3. The zero-order chi connectivity index (χ0) is 11.6. The van der Waals surface area contributed by atoms with Gasteiger partial charge in [-0.3, -0.25) is 0 Å². The third-order valence-electron chi connectivity index (χ3n) is 1.84. The van der Waals surface area contributed by atoms with E-state index in [1.54, 1.807) is 7.05 Å². The number of aromatic nitrogens is 2. The second-order valence-electron chi connectivity index (χ2n) is 3.47. The van der Waals surface area contributed by atoms with Crippen LogP contribution in [0.5, 0.6) is 5.88 Å². The van der Waals surface area contributed by atoms with Gasteiger partial charge in [0, 0.05) is 7.05 Å². The first-order chi connectivity index (χ1) is 6.93. The van der Waals surface area contributed by atoms with E-state index >= 15 is 0 Å². The van der Waals surface area contributed by atoms with E-state index in [1.165, 1.54) is 4.68 Å². The van der Waals surface area contributed by atoms with Crippen LogP contribution in [0.3, 0.4) is 0 Å². The number of halogens is 1. The molecule has 0 unspecified atom stereocenters. The van der Waals surface area contributed by atoms with Crippen molar-refractivity contribution in [3.63, 3.8) is 0 Å². The van der Waals surface area contributed by atoms with Gasteiger partial charge in [-0.05, 0) is 5.92 Å².